The average Bonchev–Trinajstić information content (AvgIpc) is 2.79. The summed E-state index contributed by atoms with van der Waals surface area (Å²) in [4.78, 5) is 0. The summed E-state index contributed by atoms with van der Waals surface area (Å²) in [5.74, 6) is -0.283. The number of nitrogen functional groups attached to an aromatic ring is 1. The Labute approximate surface area is 82.7 Å². The largest absolute Gasteiger partial charge is 0.397 e. The monoisotopic (exact) mass is 202 g/mol. The zero-order valence-corrected chi connectivity index (χ0v) is 7.90. The van der Waals surface area contributed by atoms with Gasteiger partial charge in [-0.15, -0.1) is 12.4 Å². The van der Waals surface area contributed by atoms with Crippen LogP contribution in [0, 0.1) is 5.82 Å². The van der Waals surface area contributed by atoms with Crippen molar-refractivity contribution in [2.45, 2.75) is 18.9 Å². The first kappa shape index (κ1) is 10.1. The molecule has 3 N–H and O–H groups in total. The van der Waals surface area contributed by atoms with Crippen molar-refractivity contribution in [3.63, 3.8) is 0 Å². The molecule has 0 amide bonds. The van der Waals surface area contributed by atoms with E-state index in [9.17, 15) is 4.39 Å². The van der Waals surface area contributed by atoms with Crippen LogP contribution in [-0.4, -0.2) is 6.04 Å². The third-order valence-corrected chi connectivity index (χ3v) is 1.95. The van der Waals surface area contributed by atoms with Crippen molar-refractivity contribution < 1.29 is 4.39 Å². The number of hydrogen-bond donors (Lipinski definition) is 2. The normalized spacial score (nSPS) is 14.8. The van der Waals surface area contributed by atoms with Crippen LogP contribution in [0.15, 0.2) is 18.2 Å². The standard InChI is InChI=1S/C9H11FN2.ClH/c10-6-1-4-9(8(11)5-6)12-7-2-3-7;/h1,4-5,7,12H,2-3,11H2;1H. The van der Waals surface area contributed by atoms with Crippen molar-refractivity contribution in [3.05, 3.63) is 24.0 Å². The molecule has 0 atom stereocenters. The van der Waals surface area contributed by atoms with Gasteiger partial charge in [0.25, 0.3) is 0 Å². The lowest BCUT2D eigenvalue weighted by atomic mass is 10.2. The number of anilines is 2. The lowest BCUT2D eigenvalue weighted by Gasteiger charge is -2.06. The van der Waals surface area contributed by atoms with Crippen LogP contribution >= 0.6 is 12.4 Å². The predicted molar refractivity (Wildman–Crippen MR) is 54.7 cm³/mol. The van der Waals surface area contributed by atoms with E-state index < -0.39 is 0 Å². The van der Waals surface area contributed by atoms with Gasteiger partial charge < -0.3 is 11.1 Å². The molecular formula is C9H12ClFN2. The van der Waals surface area contributed by atoms with Crippen LogP contribution in [0.3, 0.4) is 0 Å². The molecule has 0 heterocycles. The Balaban J connectivity index is 0.000000845. The summed E-state index contributed by atoms with van der Waals surface area (Å²) in [6.07, 6.45) is 2.38. The maximum absolute atomic E-state index is 12.6. The molecule has 0 saturated heterocycles. The lowest BCUT2D eigenvalue weighted by molar-refractivity contribution is 0.628. The van der Waals surface area contributed by atoms with E-state index in [1.807, 2.05) is 0 Å². The third kappa shape index (κ3) is 2.49. The number of hydrogen-bond acceptors (Lipinski definition) is 2. The van der Waals surface area contributed by atoms with E-state index >= 15 is 0 Å². The average molecular weight is 203 g/mol. The fraction of sp³-hybridized carbons (Fsp3) is 0.333. The Morgan fingerprint density at radius 3 is 2.62 bits per heavy atom. The van der Waals surface area contributed by atoms with Crippen LogP contribution in [0.25, 0.3) is 0 Å². The van der Waals surface area contributed by atoms with Crippen LogP contribution in [0.5, 0.6) is 0 Å². The van der Waals surface area contributed by atoms with E-state index in [4.69, 9.17) is 5.73 Å². The zero-order valence-electron chi connectivity index (χ0n) is 7.09. The second-order valence-corrected chi connectivity index (χ2v) is 3.15. The highest BCUT2D eigenvalue weighted by Crippen LogP contribution is 2.28. The Hall–Kier alpha value is -0.960. The van der Waals surface area contributed by atoms with Gasteiger partial charge in [-0.2, -0.15) is 0 Å². The second-order valence-electron chi connectivity index (χ2n) is 3.15. The molecule has 0 radical (unpaired) electrons. The summed E-state index contributed by atoms with van der Waals surface area (Å²) in [5.41, 5.74) is 6.93. The van der Waals surface area contributed by atoms with Gasteiger partial charge in [0.15, 0.2) is 0 Å². The molecule has 1 saturated carbocycles. The number of nitrogens with two attached hydrogens (primary N) is 1. The molecule has 0 aliphatic heterocycles. The van der Waals surface area contributed by atoms with Crippen LogP contribution in [0.1, 0.15) is 12.8 Å². The first-order chi connectivity index (χ1) is 5.75. The van der Waals surface area contributed by atoms with Crippen molar-refractivity contribution in [3.8, 4) is 0 Å². The molecule has 1 aliphatic rings. The number of rotatable bonds is 2. The van der Waals surface area contributed by atoms with E-state index in [0.717, 1.165) is 5.69 Å². The third-order valence-electron chi connectivity index (χ3n) is 1.95. The van der Waals surface area contributed by atoms with Gasteiger partial charge >= 0.3 is 0 Å². The van der Waals surface area contributed by atoms with Crippen molar-refractivity contribution in [1.82, 2.24) is 0 Å². The zero-order chi connectivity index (χ0) is 8.55. The van der Waals surface area contributed by atoms with Crippen LogP contribution < -0.4 is 11.1 Å². The fourth-order valence-corrected chi connectivity index (χ4v) is 1.11. The molecule has 0 aromatic heterocycles. The Morgan fingerprint density at radius 2 is 2.08 bits per heavy atom. The number of nitrogens with one attached hydrogen (secondary N) is 1. The van der Waals surface area contributed by atoms with Crippen LogP contribution in [0.4, 0.5) is 15.8 Å². The molecule has 2 nitrogen and oxygen atoms in total. The molecule has 0 bridgehead atoms. The minimum atomic E-state index is -0.283. The summed E-state index contributed by atoms with van der Waals surface area (Å²) < 4.78 is 12.6. The first-order valence-corrected chi connectivity index (χ1v) is 4.07. The smallest absolute Gasteiger partial charge is 0.125 e. The molecule has 2 rings (SSSR count). The molecule has 4 heteroatoms. The predicted octanol–water partition coefficient (Wildman–Crippen LogP) is 2.40. The van der Waals surface area contributed by atoms with Crippen LogP contribution in [0.2, 0.25) is 0 Å². The van der Waals surface area contributed by atoms with Gasteiger partial charge in [0.1, 0.15) is 5.82 Å². The first-order valence-electron chi connectivity index (χ1n) is 4.07. The van der Waals surface area contributed by atoms with Crippen LogP contribution in [-0.2, 0) is 0 Å². The summed E-state index contributed by atoms with van der Waals surface area (Å²) in [6, 6.07) is 4.99. The number of halogens is 2. The molecule has 0 spiro atoms. The molecule has 1 aromatic rings. The fourth-order valence-electron chi connectivity index (χ4n) is 1.11. The van der Waals surface area contributed by atoms with E-state index in [2.05, 4.69) is 5.32 Å². The summed E-state index contributed by atoms with van der Waals surface area (Å²) >= 11 is 0. The molecular weight excluding hydrogens is 191 g/mol. The van der Waals surface area contributed by atoms with E-state index in [1.165, 1.54) is 25.0 Å². The molecule has 1 fully saturated rings. The van der Waals surface area contributed by atoms with Gasteiger partial charge in [0, 0.05) is 6.04 Å². The highest BCUT2D eigenvalue weighted by Gasteiger charge is 2.21. The minimum Gasteiger partial charge on any atom is -0.397 e. The van der Waals surface area contributed by atoms with Gasteiger partial charge in [-0.25, -0.2) is 4.39 Å². The van der Waals surface area contributed by atoms with Gasteiger partial charge in [-0.05, 0) is 31.0 Å². The maximum Gasteiger partial charge on any atom is 0.125 e. The van der Waals surface area contributed by atoms with Crippen molar-refractivity contribution in [1.29, 1.82) is 0 Å². The Kier molecular flexibility index (Phi) is 2.98. The highest BCUT2D eigenvalue weighted by atomic mass is 35.5. The van der Waals surface area contributed by atoms with Gasteiger partial charge in [0.2, 0.25) is 0 Å². The molecule has 0 unspecified atom stereocenters. The lowest BCUT2D eigenvalue weighted by Crippen LogP contribution is -2.03. The van der Waals surface area contributed by atoms with Gasteiger partial charge in [0.05, 0.1) is 11.4 Å². The quantitative estimate of drug-likeness (QED) is 0.723. The molecule has 72 valence electrons. The van der Waals surface area contributed by atoms with Crippen molar-refractivity contribution in [2.75, 3.05) is 11.1 Å². The topological polar surface area (TPSA) is 38.0 Å². The Morgan fingerprint density at radius 1 is 1.38 bits per heavy atom. The molecule has 13 heavy (non-hydrogen) atoms. The number of benzene rings is 1. The van der Waals surface area contributed by atoms with E-state index in [1.54, 1.807) is 6.07 Å². The summed E-state index contributed by atoms with van der Waals surface area (Å²) in [5, 5.41) is 3.22. The highest BCUT2D eigenvalue weighted by molar-refractivity contribution is 5.85. The molecule has 1 aromatic carbocycles. The second kappa shape index (κ2) is 3.83. The summed E-state index contributed by atoms with van der Waals surface area (Å²) in [7, 11) is 0. The van der Waals surface area contributed by atoms with Gasteiger partial charge in [-0.1, -0.05) is 0 Å². The summed E-state index contributed by atoms with van der Waals surface area (Å²) in [6.45, 7) is 0. The van der Waals surface area contributed by atoms with E-state index in [-0.39, 0.29) is 18.2 Å². The Bertz CT molecular complexity index is 300. The van der Waals surface area contributed by atoms with Gasteiger partial charge in [-0.3, -0.25) is 0 Å². The van der Waals surface area contributed by atoms with Crippen molar-refractivity contribution >= 4 is 23.8 Å². The minimum absolute atomic E-state index is 0. The van der Waals surface area contributed by atoms with Crippen molar-refractivity contribution in [2.24, 2.45) is 0 Å². The van der Waals surface area contributed by atoms with E-state index in [0.29, 0.717) is 11.7 Å². The SMILES string of the molecule is Cl.Nc1cc(F)ccc1NC1CC1. The maximum atomic E-state index is 12.6. The molecule has 1 aliphatic carbocycles.